The van der Waals surface area contributed by atoms with Gasteiger partial charge in [-0.1, -0.05) is 18.2 Å². The quantitative estimate of drug-likeness (QED) is 0.505. The number of ether oxygens (including phenoxy) is 1. The minimum absolute atomic E-state index is 0.153. The highest BCUT2D eigenvalue weighted by Gasteiger charge is 2.19. The molecule has 146 valence electrons. The molecule has 0 saturated heterocycles. The van der Waals surface area contributed by atoms with E-state index in [0.29, 0.717) is 24.3 Å². The third-order valence-electron chi connectivity index (χ3n) is 4.37. The summed E-state index contributed by atoms with van der Waals surface area (Å²) in [5, 5.41) is 6.14. The van der Waals surface area contributed by atoms with Crippen LogP contribution in [0.4, 0.5) is 23.1 Å². The molecule has 0 unspecified atom stereocenters. The average Bonchev–Trinajstić information content (AvgIpc) is 2.70. The van der Waals surface area contributed by atoms with Crippen molar-refractivity contribution in [3.05, 3.63) is 69.8 Å². The van der Waals surface area contributed by atoms with Gasteiger partial charge in [0.2, 0.25) is 5.95 Å². The second kappa shape index (κ2) is 7.88. The summed E-state index contributed by atoms with van der Waals surface area (Å²) in [5.74, 6) is -0.494. The lowest BCUT2D eigenvalue weighted by Gasteiger charge is -2.17. The highest BCUT2D eigenvalue weighted by Crippen LogP contribution is 2.27. The standard InChI is InChI=1S/C20H16BrN5O3/c21-15-3-1-2-4-16(15)25-18-14(17(22)27)10-23-20(26-18)24-12-6-5-11-7-8-29-19(28)13(11)9-12/h1-6,9-10H,7-8H2,(H2,22,27)(H2,23,24,25,26). The SMILES string of the molecule is NC(=O)c1cnc(Nc2ccc3c(c2)C(=O)OCC3)nc1Nc1ccccc1Br. The summed E-state index contributed by atoms with van der Waals surface area (Å²) in [5.41, 5.74) is 8.41. The number of cyclic esters (lactones) is 1. The lowest BCUT2D eigenvalue weighted by Crippen LogP contribution is -2.18. The Hall–Kier alpha value is -3.46. The lowest BCUT2D eigenvalue weighted by molar-refractivity contribution is 0.0480. The van der Waals surface area contributed by atoms with Gasteiger partial charge in [-0.25, -0.2) is 9.78 Å². The van der Waals surface area contributed by atoms with E-state index in [4.69, 9.17) is 10.5 Å². The van der Waals surface area contributed by atoms with Crippen LogP contribution >= 0.6 is 15.9 Å². The molecule has 4 rings (SSSR count). The van der Waals surface area contributed by atoms with Crippen molar-refractivity contribution in [3.63, 3.8) is 0 Å². The number of hydrogen-bond donors (Lipinski definition) is 3. The van der Waals surface area contributed by atoms with Gasteiger partial charge >= 0.3 is 5.97 Å². The van der Waals surface area contributed by atoms with Crippen molar-refractivity contribution in [2.75, 3.05) is 17.2 Å². The van der Waals surface area contributed by atoms with E-state index < -0.39 is 5.91 Å². The molecule has 2 aromatic carbocycles. The molecule has 9 heteroatoms. The Bertz CT molecular complexity index is 1120. The van der Waals surface area contributed by atoms with Crippen LogP contribution in [0.5, 0.6) is 0 Å². The van der Waals surface area contributed by atoms with E-state index in [0.717, 1.165) is 15.7 Å². The molecule has 0 saturated carbocycles. The van der Waals surface area contributed by atoms with E-state index in [9.17, 15) is 9.59 Å². The van der Waals surface area contributed by atoms with Crippen molar-refractivity contribution in [1.29, 1.82) is 0 Å². The number of benzene rings is 2. The van der Waals surface area contributed by atoms with Crippen LogP contribution in [0.3, 0.4) is 0 Å². The van der Waals surface area contributed by atoms with Gasteiger partial charge in [0, 0.05) is 22.8 Å². The van der Waals surface area contributed by atoms with E-state index in [1.807, 2.05) is 36.4 Å². The Balaban J connectivity index is 1.65. The first-order valence-electron chi connectivity index (χ1n) is 8.77. The van der Waals surface area contributed by atoms with Crippen LogP contribution in [0.15, 0.2) is 53.1 Å². The first-order chi connectivity index (χ1) is 14.0. The number of halogens is 1. The van der Waals surface area contributed by atoms with Crippen LogP contribution in [0, 0.1) is 0 Å². The van der Waals surface area contributed by atoms with Gasteiger partial charge in [-0.2, -0.15) is 4.98 Å². The van der Waals surface area contributed by atoms with Gasteiger partial charge in [0.15, 0.2) is 0 Å². The van der Waals surface area contributed by atoms with Crippen molar-refractivity contribution >= 4 is 50.9 Å². The summed E-state index contributed by atoms with van der Waals surface area (Å²) in [6.45, 7) is 0.389. The van der Waals surface area contributed by atoms with Crippen LogP contribution in [-0.2, 0) is 11.2 Å². The molecule has 3 aromatic rings. The number of aromatic nitrogens is 2. The van der Waals surface area contributed by atoms with Crippen LogP contribution in [0.1, 0.15) is 26.3 Å². The molecule has 8 nitrogen and oxygen atoms in total. The van der Waals surface area contributed by atoms with Gasteiger partial charge in [0.05, 0.1) is 17.9 Å². The number of rotatable bonds is 5. The van der Waals surface area contributed by atoms with E-state index >= 15 is 0 Å². The Kier molecular flexibility index (Phi) is 5.13. The van der Waals surface area contributed by atoms with Crippen molar-refractivity contribution < 1.29 is 14.3 Å². The maximum atomic E-state index is 12.0. The molecule has 29 heavy (non-hydrogen) atoms. The molecule has 1 amide bonds. The molecule has 1 aliphatic heterocycles. The van der Waals surface area contributed by atoms with Crippen molar-refractivity contribution in [1.82, 2.24) is 9.97 Å². The summed E-state index contributed by atoms with van der Waals surface area (Å²) in [6, 6.07) is 12.8. The Morgan fingerprint density at radius 2 is 2.00 bits per heavy atom. The number of para-hydroxylation sites is 1. The molecular weight excluding hydrogens is 438 g/mol. The number of primary amides is 1. The second-order valence-electron chi connectivity index (χ2n) is 6.31. The van der Waals surface area contributed by atoms with Gasteiger partial charge < -0.3 is 21.1 Å². The fourth-order valence-corrected chi connectivity index (χ4v) is 3.31. The number of anilines is 4. The largest absolute Gasteiger partial charge is 0.462 e. The van der Waals surface area contributed by atoms with Gasteiger partial charge in [0.25, 0.3) is 5.91 Å². The van der Waals surface area contributed by atoms with Gasteiger partial charge in [0.1, 0.15) is 11.4 Å². The molecular formula is C20H16BrN5O3. The number of amides is 1. The number of nitrogens with zero attached hydrogens (tertiary/aromatic N) is 2. The van der Waals surface area contributed by atoms with Crippen molar-refractivity contribution in [3.8, 4) is 0 Å². The molecule has 0 atom stereocenters. The zero-order chi connectivity index (χ0) is 20.4. The molecule has 1 aromatic heterocycles. The van der Waals surface area contributed by atoms with Gasteiger partial charge in [-0.3, -0.25) is 4.79 Å². The second-order valence-corrected chi connectivity index (χ2v) is 7.16. The maximum absolute atomic E-state index is 12.0. The fraction of sp³-hybridized carbons (Fsp3) is 0.100. The number of nitrogens with two attached hydrogens (primary N) is 1. The average molecular weight is 454 g/mol. The summed E-state index contributed by atoms with van der Waals surface area (Å²) in [4.78, 5) is 32.3. The number of nitrogens with one attached hydrogen (secondary N) is 2. The summed E-state index contributed by atoms with van der Waals surface area (Å²) >= 11 is 3.45. The summed E-state index contributed by atoms with van der Waals surface area (Å²) in [7, 11) is 0. The number of fused-ring (bicyclic) bond motifs is 1. The molecule has 0 radical (unpaired) electrons. The summed E-state index contributed by atoms with van der Waals surface area (Å²) in [6.07, 6.45) is 2.04. The number of hydrogen-bond acceptors (Lipinski definition) is 7. The highest BCUT2D eigenvalue weighted by atomic mass is 79.9. The highest BCUT2D eigenvalue weighted by molar-refractivity contribution is 9.10. The topological polar surface area (TPSA) is 119 Å². The number of esters is 1. The van der Waals surface area contributed by atoms with Gasteiger partial charge in [-0.15, -0.1) is 0 Å². The molecule has 0 bridgehead atoms. The van der Waals surface area contributed by atoms with E-state index in [-0.39, 0.29) is 23.3 Å². The first kappa shape index (κ1) is 18.9. The molecule has 4 N–H and O–H groups in total. The minimum Gasteiger partial charge on any atom is -0.462 e. The third kappa shape index (κ3) is 4.04. The normalized spacial score (nSPS) is 12.7. The molecule has 0 fully saturated rings. The van der Waals surface area contributed by atoms with Crippen LogP contribution in [-0.4, -0.2) is 28.5 Å². The predicted molar refractivity (Wildman–Crippen MR) is 112 cm³/mol. The fourth-order valence-electron chi connectivity index (χ4n) is 2.93. The molecule has 1 aliphatic rings. The third-order valence-corrected chi connectivity index (χ3v) is 5.06. The number of carbonyl (C=O) groups excluding carboxylic acids is 2. The zero-order valence-electron chi connectivity index (χ0n) is 15.1. The van der Waals surface area contributed by atoms with Crippen molar-refractivity contribution in [2.45, 2.75) is 6.42 Å². The zero-order valence-corrected chi connectivity index (χ0v) is 16.7. The Morgan fingerprint density at radius 3 is 2.79 bits per heavy atom. The Labute approximate surface area is 174 Å². The maximum Gasteiger partial charge on any atom is 0.338 e. The van der Waals surface area contributed by atoms with Crippen LogP contribution in [0.2, 0.25) is 0 Å². The van der Waals surface area contributed by atoms with Crippen LogP contribution in [0.25, 0.3) is 0 Å². The predicted octanol–water partition coefficient (Wildman–Crippen LogP) is 3.54. The van der Waals surface area contributed by atoms with E-state index in [1.54, 1.807) is 6.07 Å². The molecule has 0 spiro atoms. The minimum atomic E-state index is -0.650. The summed E-state index contributed by atoms with van der Waals surface area (Å²) < 4.78 is 5.89. The smallest absolute Gasteiger partial charge is 0.338 e. The van der Waals surface area contributed by atoms with Gasteiger partial charge in [-0.05, 0) is 45.8 Å². The first-order valence-corrected chi connectivity index (χ1v) is 9.56. The van der Waals surface area contributed by atoms with Crippen molar-refractivity contribution in [2.24, 2.45) is 5.73 Å². The molecule has 2 heterocycles. The molecule has 0 aliphatic carbocycles. The van der Waals surface area contributed by atoms with E-state index in [2.05, 4.69) is 36.5 Å². The van der Waals surface area contributed by atoms with E-state index in [1.165, 1.54) is 6.20 Å². The monoisotopic (exact) mass is 453 g/mol. The van der Waals surface area contributed by atoms with Crippen LogP contribution < -0.4 is 16.4 Å². The lowest BCUT2D eigenvalue weighted by atomic mass is 10.0. The Morgan fingerprint density at radius 1 is 1.17 bits per heavy atom. The number of carbonyl (C=O) groups is 2.